The summed E-state index contributed by atoms with van der Waals surface area (Å²) in [4.78, 5) is 28.3. The first-order valence-corrected chi connectivity index (χ1v) is 12.4. The van der Waals surface area contributed by atoms with Gasteiger partial charge in [0.05, 0.1) is 6.54 Å². The lowest BCUT2D eigenvalue weighted by Crippen LogP contribution is -2.48. The van der Waals surface area contributed by atoms with E-state index in [1.807, 2.05) is 80.6 Å². The summed E-state index contributed by atoms with van der Waals surface area (Å²) in [6.07, 6.45) is 1.59. The van der Waals surface area contributed by atoms with Gasteiger partial charge in [-0.3, -0.25) is 9.59 Å². The minimum atomic E-state index is -0.781. The third-order valence-electron chi connectivity index (χ3n) is 6.73. The highest BCUT2D eigenvalue weighted by Gasteiger charge is 2.31. The van der Waals surface area contributed by atoms with Gasteiger partial charge in [-0.2, -0.15) is 0 Å². The number of nitrogens with zero attached hydrogens (tertiary/aromatic N) is 2. The van der Waals surface area contributed by atoms with Crippen LogP contribution in [0.25, 0.3) is 10.8 Å². The van der Waals surface area contributed by atoms with E-state index in [2.05, 4.69) is 4.90 Å². The Labute approximate surface area is 207 Å². The van der Waals surface area contributed by atoms with E-state index in [-0.39, 0.29) is 31.0 Å². The quantitative estimate of drug-likeness (QED) is 0.461. The summed E-state index contributed by atoms with van der Waals surface area (Å²) in [5.74, 6) is 0.771. The normalized spacial score (nSPS) is 15.3. The smallest absolute Gasteiger partial charge is 0.226 e. The van der Waals surface area contributed by atoms with Crippen LogP contribution in [0.15, 0.2) is 66.7 Å². The van der Waals surface area contributed by atoms with E-state index in [9.17, 15) is 14.7 Å². The molecule has 1 aliphatic heterocycles. The number of anilines is 1. The van der Waals surface area contributed by atoms with Crippen LogP contribution >= 0.6 is 0 Å². The summed E-state index contributed by atoms with van der Waals surface area (Å²) in [6.45, 7) is 5.92. The molecule has 1 atom stereocenters. The number of carbonyl (C=O) groups excluding carboxylic acids is 2. The topological polar surface area (TPSA) is 70.1 Å². The molecule has 6 heteroatoms. The molecule has 6 nitrogen and oxygen atoms in total. The number of rotatable bonds is 9. The van der Waals surface area contributed by atoms with Crippen molar-refractivity contribution in [3.05, 3.63) is 72.3 Å². The largest absolute Gasteiger partial charge is 0.490 e. The van der Waals surface area contributed by atoms with Crippen LogP contribution in [-0.4, -0.2) is 60.6 Å². The molecule has 35 heavy (non-hydrogen) atoms. The van der Waals surface area contributed by atoms with Crippen LogP contribution in [0.2, 0.25) is 0 Å². The Morgan fingerprint density at radius 1 is 1.06 bits per heavy atom. The molecule has 1 heterocycles. The number of fused-ring (bicyclic) bond motifs is 1. The van der Waals surface area contributed by atoms with E-state index >= 15 is 0 Å². The van der Waals surface area contributed by atoms with Gasteiger partial charge >= 0.3 is 0 Å². The number of aldehydes is 1. The highest BCUT2D eigenvalue weighted by Crippen LogP contribution is 2.27. The van der Waals surface area contributed by atoms with Crippen molar-refractivity contribution in [1.29, 1.82) is 0 Å². The number of carbonyl (C=O) groups is 2. The molecule has 0 aliphatic carbocycles. The zero-order valence-corrected chi connectivity index (χ0v) is 20.5. The molecular weight excluding hydrogens is 440 g/mol. The van der Waals surface area contributed by atoms with E-state index in [0.29, 0.717) is 5.56 Å². The number of ether oxygens (including phenoxy) is 1. The summed E-state index contributed by atoms with van der Waals surface area (Å²) < 4.78 is 5.95. The number of aliphatic hydroxyl groups is 1. The van der Waals surface area contributed by atoms with Crippen LogP contribution in [0.3, 0.4) is 0 Å². The third-order valence-corrected chi connectivity index (χ3v) is 6.73. The number of piperidine rings is 1. The molecule has 0 radical (unpaired) electrons. The zero-order chi connectivity index (χ0) is 24.8. The first-order chi connectivity index (χ1) is 17.0. The van der Waals surface area contributed by atoms with Gasteiger partial charge in [-0.05, 0) is 62.4 Å². The Morgan fingerprint density at radius 3 is 2.43 bits per heavy atom. The second-order valence-corrected chi connectivity index (χ2v) is 9.50. The van der Waals surface area contributed by atoms with Crippen LogP contribution in [0.4, 0.5) is 5.69 Å². The lowest BCUT2D eigenvalue weighted by atomic mass is 9.94. The first-order valence-electron chi connectivity index (χ1n) is 12.4. The number of aliphatic hydroxyl groups excluding tert-OH is 1. The van der Waals surface area contributed by atoms with Crippen molar-refractivity contribution in [2.75, 3.05) is 31.1 Å². The molecule has 1 aliphatic rings. The van der Waals surface area contributed by atoms with Gasteiger partial charge in [0.2, 0.25) is 5.91 Å². The number of hydrogen-bond donors (Lipinski definition) is 1. The summed E-state index contributed by atoms with van der Waals surface area (Å²) >= 11 is 0. The predicted octanol–water partition coefficient (Wildman–Crippen LogP) is 4.55. The third kappa shape index (κ3) is 6.01. The number of benzene rings is 3. The number of amides is 1. The maximum absolute atomic E-state index is 13.4. The second-order valence-electron chi connectivity index (χ2n) is 9.50. The molecule has 0 bridgehead atoms. The average molecular weight is 475 g/mol. The minimum Gasteiger partial charge on any atom is -0.490 e. The van der Waals surface area contributed by atoms with Gasteiger partial charge in [0, 0.05) is 41.7 Å². The van der Waals surface area contributed by atoms with Gasteiger partial charge in [-0.1, -0.05) is 36.4 Å². The van der Waals surface area contributed by atoms with Gasteiger partial charge < -0.3 is 19.6 Å². The SMILES string of the molecule is CC(C)N(C[C@H](O)COc1cccc2ccccc12)C(=O)C1CCN(c2ccc(C=O)cc2)CC1. The lowest BCUT2D eigenvalue weighted by Gasteiger charge is -2.37. The van der Waals surface area contributed by atoms with Gasteiger partial charge in [0.25, 0.3) is 0 Å². The minimum absolute atomic E-state index is 0.0105. The molecule has 1 fully saturated rings. The average Bonchev–Trinajstić information content (AvgIpc) is 2.90. The first kappa shape index (κ1) is 24.7. The Bertz CT molecular complexity index is 1130. The van der Waals surface area contributed by atoms with Crippen molar-refractivity contribution in [1.82, 2.24) is 4.90 Å². The molecule has 0 saturated carbocycles. The monoisotopic (exact) mass is 474 g/mol. The molecule has 1 N–H and O–H groups in total. The summed E-state index contributed by atoms with van der Waals surface area (Å²) in [7, 11) is 0. The maximum Gasteiger partial charge on any atom is 0.226 e. The zero-order valence-electron chi connectivity index (χ0n) is 20.5. The molecule has 4 rings (SSSR count). The highest BCUT2D eigenvalue weighted by atomic mass is 16.5. The van der Waals surface area contributed by atoms with E-state index < -0.39 is 6.10 Å². The van der Waals surface area contributed by atoms with Gasteiger partial charge in [-0.15, -0.1) is 0 Å². The Hall–Kier alpha value is -3.38. The summed E-state index contributed by atoms with van der Waals surface area (Å²) in [5.41, 5.74) is 1.73. The van der Waals surface area contributed by atoms with Crippen molar-refractivity contribution in [3.8, 4) is 5.75 Å². The van der Waals surface area contributed by atoms with Gasteiger partial charge in [0.1, 0.15) is 24.7 Å². The molecule has 1 saturated heterocycles. The van der Waals surface area contributed by atoms with E-state index in [4.69, 9.17) is 4.74 Å². The standard InChI is InChI=1S/C29H34N2O4/c1-21(2)31(18-26(33)20-35-28-9-5-7-23-6-3-4-8-27(23)28)29(34)24-14-16-30(17-15-24)25-12-10-22(19-32)11-13-25/h3-13,19,21,24,26,33H,14-18,20H2,1-2H3/t26-/m0/s1. The molecule has 0 aromatic heterocycles. The lowest BCUT2D eigenvalue weighted by molar-refractivity contribution is -0.139. The van der Waals surface area contributed by atoms with Gasteiger partial charge in [0.15, 0.2) is 0 Å². The molecule has 3 aromatic rings. The Balaban J connectivity index is 1.32. The maximum atomic E-state index is 13.4. The van der Waals surface area contributed by atoms with Crippen molar-refractivity contribution in [2.45, 2.75) is 38.8 Å². The van der Waals surface area contributed by atoms with Crippen molar-refractivity contribution >= 4 is 28.7 Å². The highest BCUT2D eigenvalue weighted by molar-refractivity contribution is 5.88. The second kappa shape index (κ2) is 11.4. The van der Waals surface area contributed by atoms with E-state index in [0.717, 1.165) is 54.4 Å². The fraction of sp³-hybridized carbons (Fsp3) is 0.379. The molecule has 1 amide bonds. The van der Waals surface area contributed by atoms with Crippen molar-refractivity contribution < 1.29 is 19.4 Å². The molecular formula is C29H34N2O4. The Kier molecular flexibility index (Phi) is 8.03. The van der Waals surface area contributed by atoms with Crippen molar-refractivity contribution in [3.63, 3.8) is 0 Å². The number of hydrogen-bond acceptors (Lipinski definition) is 5. The molecule has 0 unspecified atom stereocenters. The molecule has 3 aromatic carbocycles. The van der Waals surface area contributed by atoms with Crippen molar-refractivity contribution in [2.24, 2.45) is 5.92 Å². The molecule has 0 spiro atoms. The molecule has 184 valence electrons. The van der Waals surface area contributed by atoms with E-state index in [1.54, 1.807) is 4.90 Å². The van der Waals surface area contributed by atoms with E-state index in [1.165, 1.54) is 0 Å². The van der Waals surface area contributed by atoms with Crippen LogP contribution in [0.1, 0.15) is 37.0 Å². The van der Waals surface area contributed by atoms with Crippen LogP contribution in [0, 0.1) is 5.92 Å². The summed E-state index contributed by atoms with van der Waals surface area (Å²) in [5, 5.41) is 12.8. The van der Waals surface area contributed by atoms with Crippen LogP contribution in [0.5, 0.6) is 5.75 Å². The van der Waals surface area contributed by atoms with Crippen LogP contribution in [-0.2, 0) is 4.79 Å². The fourth-order valence-electron chi connectivity index (χ4n) is 4.73. The summed E-state index contributed by atoms with van der Waals surface area (Å²) in [6, 6.07) is 21.4. The van der Waals surface area contributed by atoms with Gasteiger partial charge in [-0.25, -0.2) is 0 Å². The Morgan fingerprint density at radius 2 is 1.74 bits per heavy atom. The van der Waals surface area contributed by atoms with Crippen LogP contribution < -0.4 is 9.64 Å². The fourth-order valence-corrected chi connectivity index (χ4v) is 4.73. The predicted molar refractivity (Wildman–Crippen MR) is 139 cm³/mol.